The molecule has 0 saturated carbocycles. The number of aliphatic hydroxyl groups excluding tert-OH is 1. The van der Waals surface area contributed by atoms with Crippen LogP contribution in [-0.4, -0.2) is 99.3 Å². The van der Waals surface area contributed by atoms with Gasteiger partial charge in [0.2, 0.25) is 0 Å². The summed E-state index contributed by atoms with van der Waals surface area (Å²) in [6.45, 7) is 7.73. The first-order valence-corrected chi connectivity index (χ1v) is 13.4. The Morgan fingerprint density at radius 1 is 1.08 bits per heavy atom. The van der Waals surface area contributed by atoms with Crippen LogP contribution in [0.2, 0.25) is 0 Å². The van der Waals surface area contributed by atoms with E-state index in [1.807, 2.05) is 30.5 Å². The summed E-state index contributed by atoms with van der Waals surface area (Å²) in [6.07, 6.45) is 0.878. The van der Waals surface area contributed by atoms with Crippen molar-refractivity contribution in [3.8, 4) is 11.4 Å². The molecule has 4 aromatic rings. The number of ether oxygens (including phenoxy) is 1. The number of aromatic nitrogens is 4. The standard InChI is InChI=1S/C26H29N7O3S/c1-17(34)26(35)33-8-6-31(7-9-33)16-21-28-22-24(32-10-12-36-13-11-32)29-23(30-25(22)37-21)19-14-18-4-2-3-5-20(18)27-15-19/h2-5,14-15,17,34H,6-13,16H2,1H3/t17-/m0/s1. The van der Waals surface area contributed by atoms with Crippen LogP contribution in [0.25, 0.3) is 32.6 Å². The number of fused-ring (bicyclic) bond motifs is 2. The number of anilines is 1. The number of carbonyl (C=O) groups is 1. The molecule has 10 nitrogen and oxygen atoms in total. The Bertz CT molecular complexity index is 1430. The van der Waals surface area contributed by atoms with Crippen LogP contribution in [0, 0.1) is 0 Å². The lowest BCUT2D eigenvalue weighted by Gasteiger charge is -2.34. The zero-order chi connectivity index (χ0) is 25.4. The summed E-state index contributed by atoms with van der Waals surface area (Å²) in [5.74, 6) is 1.28. The second-order valence-corrected chi connectivity index (χ2v) is 10.5. The number of carbonyl (C=O) groups excluding carboxylic acids is 1. The van der Waals surface area contributed by atoms with E-state index in [1.54, 1.807) is 16.2 Å². The maximum absolute atomic E-state index is 12.1. The fourth-order valence-corrected chi connectivity index (χ4v) is 5.79. The Hall–Kier alpha value is -3.25. The molecule has 192 valence electrons. The molecule has 11 heteroatoms. The van der Waals surface area contributed by atoms with Crippen molar-refractivity contribution in [2.45, 2.75) is 19.6 Å². The van der Waals surface area contributed by atoms with Gasteiger partial charge in [-0.25, -0.2) is 15.0 Å². The SMILES string of the molecule is C[C@H](O)C(=O)N1CCN(Cc2nc3c(N4CCOCC4)nc(-c4cnc5ccccc5c4)nc3s2)CC1. The smallest absolute Gasteiger partial charge is 0.251 e. The molecule has 0 aliphatic carbocycles. The number of para-hydroxylation sites is 1. The number of pyridine rings is 1. The third-order valence-corrected chi connectivity index (χ3v) is 7.78. The maximum Gasteiger partial charge on any atom is 0.251 e. The van der Waals surface area contributed by atoms with E-state index in [-0.39, 0.29) is 5.91 Å². The molecule has 1 amide bonds. The molecule has 6 rings (SSSR count). The van der Waals surface area contributed by atoms with E-state index in [4.69, 9.17) is 19.7 Å². The van der Waals surface area contributed by atoms with Gasteiger partial charge < -0.3 is 19.6 Å². The van der Waals surface area contributed by atoms with E-state index in [0.29, 0.717) is 38.7 Å². The first-order chi connectivity index (χ1) is 18.0. The molecule has 0 spiro atoms. The third-order valence-electron chi connectivity index (χ3n) is 6.84. The van der Waals surface area contributed by atoms with Gasteiger partial charge in [-0.05, 0) is 19.1 Å². The maximum atomic E-state index is 12.1. The average molecular weight is 520 g/mol. The van der Waals surface area contributed by atoms with E-state index in [0.717, 1.165) is 63.8 Å². The predicted molar refractivity (Wildman–Crippen MR) is 143 cm³/mol. The Morgan fingerprint density at radius 3 is 2.65 bits per heavy atom. The van der Waals surface area contributed by atoms with Gasteiger partial charge in [-0.15, -0.1) is 0 Å². The van der Waals surface area contributed by atoms with E-state index in [1.165, 1.54) is 6.92 Å². The molecule has 1 N–H and O–H groups in total. The molecule has 2 aliphatic heterocycles. The summed E-state index contributed by atoms with van der Waals surface area (Å²) < 4.78 is 5.58. The van der Waals surface area contributed by atoms with Gasteiger partial charge in [-0.1, -0.05) is 29.5 Å². The fourth-order valence-electron chi connectivity index (χ4n) is 4.82. The van der Waals surface area contributed by atoms with Crippen molar-refractivity contribution in [3.63, 3.8) is 0 Å². The summed E-state index contributed by atoms with van der Waals surface area (Å²) in [4.78, 5) is 38.7. The average Bonchev–Trinajstić information content (AvgIpc) is 3.35. The fraction of sp³-hybridized carbons (Fsp3) is 0.423. The quantitative estimate of drug-likeness (QED) is 0.424. The first kappa shape index (κ1) is 24.1. The summed E-state index contributed by atoms with van der Waals surface area (Å²) >= 11 is 1.59. The second kappa shape index (κ2) is 10.3. The van der Waals surface area contributed by atoms with Gasteiger partial charge in [0.1, 0.15) is 21.5 Å². The monoisotopic (exact) mass is 519 g/mol. The normalized spacial score (nSPS) is 18.0. The number of benzene rings is 1. The van der Waals surface area contributed by atoms with Gasteiger partial charge in [0, 0.05) is 56.4 Å². The molecule has 1 aromatic carbocycles. The lowest BCUT2D eigenvalue weighted by Crippen LogP contribution is -2.50. The van der Waals surface area contributed by atoms with Crippen LogP contribution in [0.1, 0.15) is 11.9 Å². The van der Waals surface area contributed by atoms with E-state index in [9.17, 15) is 9.90 Å². The Labute approximate surface area is 218 Å². The van der Waals surface area contributed by atoms with Crippen LogP contribution >= 0.6 is 11.3 Å². The molecule has 5 heterocycles. The molecule has 0 bridgehead atoms. The van der Waals surface area contributed by atoms with Crippen molar-refractivity contribution >= 4 is 44.3 Å². The van der Waals surface area contributed by atoms with Crippen molar-refractivity contribution in [1.82, 2.24) is 29.7 Å². The van der Waals surface area contributed by atoms with Crippen molar-refractivity contribution in [2.75, 3.05) is 57.4 Å². The van der Waals surface area contributed by atoms with Crippen LogP contribution in [0.3, 0.4) is 0 Å². The summed E-state index contributed by atoms with van der Waals surface area (Å²) in [5, 5.41) is 11.6. The number of thiazole rings is 1. The van der Waals surface area contributed by atoms with Crippen LogP contribution in [0.5, 0.6) is 0 Å². The summed E-state index contributed by atoms with van der Waals surface area (Å²) in [7, 11) is 0. The van der Waals surface area contributed by atoms with Gasteiger partial charge in [-0.2, -0.15) is 0 Å². The highest BCUT2D eigenvalue weighted by molar-refractivity contribution is 7.18. The lowest BCUT2D eigenvalue weighted by atomic mass is 10.1. The van der Waals surface area contributed by atoms with Crippen LogP contribution in [-0.2, 0) is 16.1 Å². The lowest BCUT2D eigenvalue weighted by molar-refractivity contribution is -0.141. The molecule has 2 fully saturated rings. The Kier molecular flexibility index (Phi) is 6.68. The predicted octanol–water partition coefficient (Wildman–Crippen LogP) is 2.16. The molecular weight excluding hydrogens is 490 g/mol. The van der Waals surface area contributed by atoms with Gasteiger partial charge in [0.25, 0.3) is 5.91 Å². The largest absolute Gasteiger partial charge is 0.384 e. The van der Waals surface area contributed by atoms with Crippen LogP contribution in [0.4, 0.5) is 5.82 Å². The summed E-state index contributed by atoms with van der Waals surface area (Å²) in [5.41, 5.74) is 2.64. The minimum atomic E-state index is -0.958. The van der Waals surface area contributed by atoms with Gasteiger partial charge in [0.15, 0.2) is 11.6 Å². The molecule has 3 aromatic heterocycles. The number of morpholine rings is 1. The number of piperazine rings is 1. The molecule has 2 saturated heterocycles. The highest BCUT2D eigenvalue weighted by Crippen LogP contribution is 2.32. The molecular formula is C26H29N7O3S. The number of nitrogens with zero attached hydrogens (tertiary/aromatic N) is 7. The molecule has 37 heavy (non-hydrogen) atoms. The molecule has 0 radical (unpaired) electrons. The van der Waals surface area contributed by atoms with Gasteiger partial charge in [-0.3, -0.25) is 14.7 Å². The van der Waals surface area contributed by atoms with Crippen molar-refractivity contribution in [2.24, 2.45) is 0 Å². The van der Waals surface area contributed by atoms with Crippen molar-refractivity contribution < 1.29 is 14.6 Å². The highest BCUT2D eigenvalue weighted by Gasteiger charge is 2.26. The van der Waals surface area contributed by atoms with E-state index in [2.05, 4.69) is 20.9 Å². The zero-order valence-corrected chi connectivity index (χ0v) is 21.5. The highest BCUT2D eigenvalue weighted by atomic mass is 32.1. The molecule has 1 atom stereocenters. The van der Waals surface area contributed by atoms with Crippen LogP contribution in [0.15, 0.2) is 36.5 Å². The third kappa shape index (κ3) is 4.99. The minimum Gasteiger partial charge on any atom is -0.384 e. The molecule has 2 aliphatic rings. The number of amides is 1. The second-order valence-electron chi connectivity index (χ2n) is 9.43. The van der Waals surface area contributed by atoms with Crippen molar-refractivity contribution in [3.05, 3.63) is 41.5 Å². The van der Waals surface area contributed by atoms with Crippen molar-refractivity contribution in [1.29, 1.82) is 0 Å². The number of aliphatic hydroxyl groups is 1. The number of hydrogen-bond donors (Lipinski definition) is 1. The minimum absolute atomic E-state index is 0.208. The van der Waals surface area contributed by atoms with Gasteiger partial charge >= 0.3 is 0 Å². The van der Waals surface area contributed by atoms with E-state index < -0.39 is 6.10 Å². The first-order valence-electron chi connectivity index (χ1n) is 12.6. The Morgan fingerprint density at radius 2 is 1.86 bits per heavy atom. The number of hydrogen-bond acceptors (Lipinski definition) is 10. The summed E-state index contributed by atoms with van der Waals surface area (Å²) in [6, 6.07) is 10.1. The van der Waals surface area contributed by atoms with Crippen LogP contribution < -0.4 is 4.90 Å². The topological polar surface area (TPSA) is 108 Å². The molecule has 0 unspecified atom stereocenters. The number of rotatable bonds is 5. The Balaban J connectivity index is 1.31. The zero-order valence-electron chi connectivity index (χ0n) is 20.7. The van der Waals surface area contributed by atoms with Gasteiger partial charge in [0.05, 0.1) is 25.3 Å². The van der Waals surface area contributed by atoms with E-state index >= 15 is 0 Å².